The summed E-state index contributed by atoms with van der Waals surface area (Å²) in [5, 5.41) is 14.9. The molecule has 1 aromatic heterocycles. The van der Waals surface area contributed by atoms with Crippen LogP contribution >= 0.6 is 34.4 Å². The second-order valence-corrected chi connectivity index (χ2v) is 10.3. The Morgan fingerprint density at radius 3 is 2.59 bits per heavy atom. The van der Waals surface area contributed by atoms with Crippen molar-refractivity contribution in [3.8, 4) is 0 Å². The fraction of sp³-hybridized carbons (Fsp3) is 0.280. The first-order chi connectivity index (χ1) is 16.3. The van der Waals surface area contributed by atoms with Crippen LogP contribution in [0.5, 0.6) is 0 Å². The second kappa shape index (κ2) is 12.2. The average Bonchev–Trinajstić information content (AvgIpc) is 3.19. The number of allylic oxidation sites excluding steroid dienone is 1. The highest BCUT2D eigenvalue weighted by Crippen LogP contribution is 2.27. The van der Waals surface area contributed by atoms with Crippen LogP contribution in [0.2, 0.25) is 0 Å². The van der Waals surface area contributed by atoms with Crippen molar-refractivity contribution >= 4 is 51.9 Å². The first-order valence-corrected chi connectivity index (χ1v) is 12.9. The first-order valence-electron chi connectivity index (χ1n) is 10.9. The molecule has 0 aliphatic heterocycles. The number of halogens is 1. The minimum absolute atomic E-state index is 0.115. The molecule has 9 heteroatoms. The Morgan fingerprint density at radius 2 is 1.91 bits per heavy atom. The van der Waals surface area contributed by atoms with Gasteiger partial charge in [-0.25, -0.2) is 0 Å². The lowest BCUT2D eigenvalue weighted by Gasteiger charge is -2.14. The van der Waals surface area contributed by atoms with Gasteiger partial charge in [-0.15, -0.1) is 16.8 Å². The molecule has 0 saturated heterocycles. The maximum atomic E-state index is 12.6. The monoisotopic (exact) mass is 589 g/mol. The van der Waals surface area contributed by atoms with E-state index < -0.39 is 0 Å². The van der Waals surface area contributed by atoms with Gasteiger partial charge in [0, 0.05) is 21.4 Å². The van der Waals surface area contributed by atoms with Gasteiger partial charge in [-0.05, 0) is 71.3 Å². The first kappa shape index (κ1) is 26.0. The number of hydrogen-bond acceptors (Lipinski definition) is 5. The van der Waals surface area contributed by atoms with Crippen molar-refractivity contribution in [1.29, 1.82) is 0 Å². The van der Waals surface area contributed by atoms with E-state index in [1.165, 1.54) is 11.8 Å². The van der Waals surface area contributed by atoms with Gasteiger partial charge in [0.05, 0.1) is 12.3 Å². The Labute approximate surface area is 218 Å². The third-order valence-electron chi connectivity index (χ3n) is 5.07. The van der Waals surface area contributed by atoms with Gasteiger partial charge in [0.2, 0.25) is 5.91 Å². The Morgan fingerprint density at radius 1 is 1.18 bits per heavy atom. The maximum Gasteiger partial charge on any atom is 0.251 e. The van der Waals surface area contributed by atoms with Crippen LogP contribution in [-0.4, -0.2) is 32.3 Å². The smallest absolute Gasteiger partial charge is 0.251 e. The Hall–Kier alpha value is -2.66. The highest BCUT2D eigenvalue weighted by atomic mass is 127. The van der Waals surface area contributed by atoms with E-state index in [1.807, 2.05) is 35.8 Å². The maximum absolute atomic E-state index is 12.6. The Balaban J connectivity index is 1.63. The van der Waals surface area contributed by atoms with E-state index in [0.717, 1.165) is 20.4 Å². The summed E-state index contributed by atoms with van der Waals surface area (Å²) in [6.07, 6.45) is 1.74. The molecule has 3 rings (SSSR count). The highest BCUT2D eigenvalue weighted by molar-refractivity contribution is 14.1. The number of anilines is 1. The molecule has 0 aliphatic carbocycles. The number of amides is 2. The second-order valence-electron chi connectivity index (χ2n) is 8.07. The van der Waals surface area contributed by atoms with Crippen LogP contribution in [0.4, 0.5) is 5.69 Å². The molecule has 0 saturated carbocycles. The summed E-state index contributed by atoms with van der Waals surface area (Å²) in [5.74, 6) is 0.791. The van der Waals surface area contributed by atoms with E-state index in [1.54, 1.807) is 18.2 Å². The normalized spacial score (nSPS) is 10.9. The molecular formula is C25H28IN5O2S. The van der Waals surface area contributed by atoms with Crippen LogP contribution in [0.15, 0.2) is 60.3 Å². The van der Waals surface area contributed by atoms with Crippen molar-refractivity contribution < 1.29 is 9.59 Å². The van der Waals surface area contributed by atoms with E-state index in [0.29, 0.717) is 29.0 Å². The number of nitrogens with one attached hydrogen (secondary N) is 2. The number of hydrogen-bond donors (Lipinski definition) is 2. The zero-order valence-corrected chi connectivity index (χ0v) is 22.4. The fourth-order valence-corrected chi connectivity index (χ4v) is 4.56. The van der Waals surface area contributed by atoms with Crippen LogP contribution in [-0.2, 0) is 17.9 Å². The third kappa shape index (κ3) is 6.92. The SMILES string of the molecule is C=CCn1c(CNC(=O)c2ccc(C)cc2)nnc1SCC(=O)Nc1ccc(I)cc1C(C)C. The van der Waals surface area contributed by atoms with Gasteiger partial charge in [-0.1, -0.05) is 49.4 Å². The van der Waals surface area contributed by atoms with Crippen molar-refractivity contribution in [3.63, 3.8) is 0 Å². The van der Waals surface area contributed by atoms with Gasteiger partial charge in [-0.3, -0.25) is 9.59 Å². The third-order valence-corrected chi connectivity index (χ3v) is 6.71. The molecule has 0 fully saturated rings. The Kier molecular flexibility index (Phi) is 9.28. The lowest BCUT2D eigenvalue weighted by molar-refractivity contribution is -0.113. The van der Waals surface area contributed by atoms with E-state index in [4.69, 9.17) is 0 Å². The molecule has 7 nitrogen and oxygen atoms in total. The molecule has 2 amide bonds. The number of rotatable bonds is 10. The van der Waals surface area contributed by atoms with E-state index in [-0.39, 0.29) is 24.1 Å². The Bertz CT molecular complexity index is 1170. The summed E-state index contributed by atoms with van der Waals surface area (Å²) in [6, 6.07) is 13.4. The number of aryl methyl sites for hydroxylation is 1. The predicted molar refractivity (Wildman–Crippen MR) is 145 cm³/mol. The molecule has 0 spiro atoms. The minimum atomic E-state index is -0.180. The molecule has 0 atom stereocenters. The van der Waals surface area contributed by atoms with Gasteiger partial charge in [-0.2, -0.15) is 0 Å². The summed E-state index contributed by atoms with van der Waals surface area (Å²) in [4.78, 5) is 25.1. The molecule has 1 heterocycles. The highest BCUT2D eigenvalue weighted by Gasteiger charge is 2.16. The molecule has 34 heavy (non-hydrogen) atoms. The van der Waals surface area contributed by atoms with Crippen LogP contribution in [0.1, 0.15) is 47.1 Å². The quantitative estimate of drug-likeness (QED) is 0.194. The summed E-state index contributed by atoms with van der Waals surface area (Å²) < 4.78 is 2.98. The minimum Gasteiger partial charge on any atom is -0.345 e. The topological polar surface area (TPSA) is 88.9 Å². The number of aromatic nitrogens is 3. The molecule has 0 bridgehead atoms. The molecule has 2 N–H and O–H groups in total. The molecule has 3 aromatic rings. The van der Waals surface area contributed by atoms with Crippen molar-refractivity contribution in [2.24, 2.45) is 0 Å². The average molecular weight is 590 g/mol. The number of thioether (sulfide) groups is 1. The van der Waals surface area contributed by atoms with Crippen molar-refractivity contribution in [1.82, 2.24) is 20.1 Å². The number of benzene rings is 2. The van der Waals surface area contributed by atoms with Crippen molar-refractivity contribution in [2.45, 2.75) is 44.9 Å². The number of nitrogens with zero attached hydrogens (tertiary/aromatic N) is 3. The molecular weight excluding hydrogens is 561 g/mol. The van der Waals surface area contributed by atoms with Gasteiger partial charge in [0.25, 0.3) is 5.91 Å². The molecule has 0 aliphatic rings. The van der Waals surface area contributed by atoms with E-state index >= 15 is 0 Å². The lowest BCUT2D eigenvalue weighted by atomic mass is 10.0. The van der Waals surface area contributed by atoms with Crippen LogP contribution < -0.4 is 10.6 Å². The van der Waals surface area contributed by atoms with Crippen LogP contribution in [0.25, 0.3) is 0 Å². The van der Waals surface area contributed by atoms with Gasteiger partial charge < -0.3 is 15.2 Å². The number of carbonyl (C=O) groups is 2. The van der Waals surface area contributed by atoms with E-state index in [9.17, 15) is 9.59 Å². The standard InChI is InChI=1S/C25H28IN5O2S/c1-5-12-31-22(14-27-24(33)18-8-6-17(4)7-9-18)29-30-25(31)34-15-23(32)28-21-11-10-19(26)13-20(21)16(2)3/h5-11,13,16H,1,12,14-15H2,2-4H3,(H,27,33)(H,28,32). The molecule has 178 valence electrons. The molecule has 0 radical (unpaired) electrons. The zero-order valence-electron chi connectivity index (χ0n) is 19.5. The summed E-state index contributed by atoms with van der Waals surface area (Å²) in [5.41, 5.74) is 3.61. The summed E-state index contributed by atoms with van der Waals surface area (Å²) in [7, 11) is 0. The van der Waals surface area contributed by atoms with Gasteiger partial charge >= 0.3 is 0 Å². The van der Waals surface area contributed by atoms with Crippen LogP contribution in [0, 0.1) is 10.5 Å². The predicted octanol–water partition coefficient (Wildman–Crippen LogP) is 5.16. The van der Waals surface area contributed by atoms with Crippen LogP contribution in [0.3, 0.4) is 0 Å². The molecule has 2 aromatic carbocycles. The van der Waals surface area contributed by atoms with Crippen molar-refractivity contribution in [2.75, 3.05) is 11.1 Å². The fourth-order valence-electron chi connectivity index (χ4n) is 3.28. The van der Waals surface area contributed by atoms with Crippen molar-refractivity contribution in [3.05, 3.63) is 81.2 Å². The zero-order chi connectivity index (χ0) is 24.7. The molecule has 0 unspecified atom stereocenters. The summed E-state index contributed by atoms with van der Waals surface area (Å²) in [6.45, 7) is 10.7. The van der Waals surface area contributed by atoms with E-state index in [2.05, 4.69) is 69.9 Å². The lowest BCUT2D eigenvalue weighted by Crippen LogP contribution is -2.24. The number of carbonyl (C=O) groups excluding carboxylic acids is 2. The van der Waals surface area contributed by atoms with Gasteiger partial charge in [0.15, 0.2) is 11.0 Å². The van der Waals surface area contributed by atoms with Gasteiger partial charge in [0.1, 0.15) is 0 Å². The largest absolute Gasteiger partial charge is 0.345 e. The summed E-state index contributed by atoms with van der Waals surface area (Å²) >= 11 is 3.57.